The van der Waals surface area contributed by atoms with E-state index in [1.807, 2.05) is 74.4 Å². The highest BCUT2D eigenvalue weighted by atomic mass is 16.4. The Kier molecular flexibility index (Phi) is 11.3. The van der Waals surface area contributed by atoms with Crippen LogP contribution >= 0.6 is 0 Å². The predicted octanol–water partition coefficient (Wildman–Crippen LogP) is 6.72. The van der Waals surface area contributed by atoms with Crippen molar-refractivity contribution in [2.45, 2.75) is 93.3 Å². The Balaban J connectivity index is 2.20. The molecule has 0 spiro atoms. The fourth-order valence-corrected chi connectivity index (χ4v) is 8.30. The molecule has 1 aromatic carbocycles. The third kappa shape index (κ3) is 7.85. The van der Waals surface area contributed by atoms with Gasteiger partial charge in [0.25, 0.3) is 0 Å². The maximum absolute atomic E-state index is 13.5. The van der Waals surface area contributed by atoms with E-state index in [1.54, 1.807) is 18.3 Å². The molecule has 47 heavy (non-hydrogen) atoms. The molecule has 0 aliphatic carbocycles. The van der Waals surface area contributed by atoms with Crippen molar-refractivity contribution in [1.82, 2.24) is 24.6 Å². The molecule has 1 fully saturated rings. The van der Waals surface area contributed by atoms with E-state index >= 15 is 0 Å². The third-order valence-corrected chi connectivity index (χ3v) is 9.59. The summed E-state index contributed by atoms with van der Waals surface area (Å²) in [5.41, 5.74) is -1.96. The van der Waals surface area contributed by atoms with Gasteiger partial charge in [-0.25, -0.2) is 14.4 Å². The Bertz CT molecular complexity index is 1410. The van der Waals surface area contributed by atoms with Gasteiger partial charge < -0.3 is 30.2 Å². The zero-order chi connectivity index (χ0) is 35.5. The number of phenols is 1. The molecule has 0 radical (unpaired) electrons. The molecule has 2 aromatic rings. The lowest BCUT2D eigenvalue weighted by Crippen LogP contribution is -2.78. The minimum Gasteiger partial charge on any atom is -0.506 e. The number of pyridine rings is 1. The monoisotopic (exact) mass is 657 g/mol. The highest BCUT2D eigenvalue weighted by Gasteiger charge is 2.65. The lowest BCUT2D eigenvalue weighted by Gasteiger charge is -2.66. The summed E-state index contributed by atoms with van der Waals surface area (Å²) in [5, 5.41) is 43.0. The van der Waals surface area contributed by atoms with Gasteiger partial charge in [0.15, 0.2) is 0 Å². The summed E-state index contributed by atoms with van der Waals surface area (Å²) in [5.74, 6) is 0.0732. The zero-order valence-corrected chi connectivity index (χ0v) is 29.6. The normalized spacial score (nSPS) is 19.8. The Morgan fingerprint density at radius 1 is 0.787 bits per heavy atom. The fraction of sp³-hybridized carbons (Fsp3) is 0.657. The van der Waals surface area contributed by atoms with E-state index in [4.69, 9.17) is 0 Å². The standard InChI is InChI=1S/C35H55N5O7/c1-32(2,3)28-35(33(4,5)6,34(7,8)9)40(31(46)47)20-11-17-37(21-22-38(29(42)43)18-12-19-39(28)30(44)45)23-24-14-15-26(41)27-25(24)13-10-16-36-27/h10,13-16,28,41H,11-12,17-23H2,1-9H3,(H,42,43)(H,44,45)(H,46,47). The number of aromatic nitrogens is 1. The first-order chi connectivity index (χ1) is 21.6. The van der Waals surface area contributed by atoms with Crippen LogP contribution in [-0.2, 0) is 6.54 Å². The SMILES string of the molecule is CC(C)(C)C1N(C(=O)O)CCCN(C(=O)O)CCN(Cc2ccc(O)c3ncccc23)CCCN(C(=O)O)C1(C(C)(C)C)C(C)(C)C. The van der Waals surface area contributed by atoms with Crippen molar-refractivity contribution in [3.05, 3.63) is 36.0 Å². The van der Waals surface area contributed by atoms with Gasteiger partial charge in [-0.2, -0.15) is 0 Å². The van der Waals surface area contributed by atoms with E-state index < -0.39 is 46.1 Å². The smallest absolute Gasteiger partial charge is 0.407 e. The van der Waals surface area contributed by atoms with Crippen LogP contribution in [0.5, 0.6) is 5.75 Å². The number of nitrogens with zero attached hydrogens (tertiary/aromatic N) is 5. The van der Waals surface area contributed by atoms with Crippen LogP contribution in [0.15, 0.2) is 30.5 Å². The summed E-state index contributed by atoms with van der Waals surface area (Å²) >= 11 is 0. The topological polar surface area (TPSA) is 158 Å². The van der Waals surface area contributed by atoms with Gasteiger partial charge >= 0.3 is 18.3 Å². The minimum atomic E-state index is -1.21. The molecule has 1 unspecified atom stereocenters. The van der Waals surface area contributed by atoms with Crippen LogP contribution in [0.4, 0.5) is 14.4 Å². The number of rotatable bonds is 2. The Morgan fingerprint density at radius 3 is 1.94 bits per heavy atom. The first-order valence-corrected chi connectivity index (χ1v) is 16.4. The number of amides is 3. The van der Waals surface area contributed by atoms with Crippen molar-refractivity contribution in [2.75, 3.05) is 39.3 Å². The second-order valence-electron chi connectivity index (χ2n) is 15.8. The van der Waals surface area contributed by atoms with Gasteiger partial charge in [-0.15, -0.1) is 0 Å². The number of carbonyl (C=O) groups is 3. The molecule has 262 valence electrons. The Labute approximate surface area is 279 Å². The molecule has 1 aliphatic rings. The number of fused-ring (bicyclic) bond motifs is 1. The molecule has 0 saturated carbocycles. The van der Waals surface area contributed by atoms with Crippen molar-refractivity contribution < 1.29 is 34.8 Å². The molecule has 1 aromatic heterocycles. The van der Waals surface area contributed by atoms with Gasteiger partial charge in [0.2, 0.25) is 0 Å². The molecule has 12 heteroatoms. The number of carboxylic acid groups (broad SMARTS) is 3. The average Bonchev–Trinajstić information content (AvgIpc) is 2.93. The average molecular weight is 658 g/mol. The molecule has 4 N–H and O–H groups in total. The van der Waals surface area contributed by atoms with Gasteiger partial charge in [-0.1, -0.05) is 74.4 Å². The first kappa shape index (κ1) is 37.7. The van der Waals surface area contributed by atoms with Crippen molar-refractivity contribution >= 4 is 29.2 Å². The number of phenolic OH excluding ortho intramolecular Hbond substituents is 1. The number of benzene rings is 1. The van der Waals surface area contributed by atoms with E-state index in [9.17, 15) is 34.8 Å². The third-order valence-electron chi connectivity index (χ3n) is 9.59. The van der Waals surface area contributed by atoms with E-state index in [1.165, 1.54) is 14.7 Å². The quantitative estimate of drug-likeness (QED) is 0.275. The van der Waals surface area contributed by atoms with E-state index in [-0.39, 0.29) is 38.3 Å². The zero-order valence-electron chi connectivity index (χ0n) is 29.6. The van der Waals surface area contributed by atoms with Crippen LogP contribution in [0.3, 0.4) is 0 Å². The van der Waals surface area contributed by atoms with Crippen molar-refractivity contribution in [3.63, 3.8) is 0 Å². The largest absolute Gasteiger partial charge is 0.506 e. The molecule has 1 aliphatic heterocycles. The molecule has 1 atom stereocenters. The van der Waals surface area contributed by atoms with E-state index in [2.05, 4.69) is 9.88 Å². The first-order valence-electron chi connectivity index (χ1n) is 16.4. The Hall–Kier alpha value is -3.80. The number of hydrogen-bond acceptors (Lipinski definition) is 6. The fourth-order valence-electron chi connectivity index (χ4n) is 8.30. The van der Waals surface area contributed by atoms with Crippen LogP contribution in [0, 0.1) is 16.2 Å². The summed E-state index contributed by atoms with van der Waals surface area (Å²) in [6, 6.07) is 6.35. The molecule has 12 nitrogen and oxygen atoms in total. The lowest BCUT2D eigenvalue weighted by atomic mass is 9.51. The summed E-state index contributed by atoms with van der Waals surface area (Å²) in [7, 11) is 0. The van der Waals surface area contributed by atoms with Gasteiger partial charge in [-0.05, 0) is 46.8 Å². The number of hydrogen-bond donors (Lipinski definition) is 4. The van der Waals surface area contributed by atoms with Crippen molar-refractivity contribution in [2.24, 2.45) is 16.2 Å². The van der Waals surface area contributed by atoms with Gasteiger partial charge in [0.05, 0.1) is 11.6 Å². The highest BCUT2D eigenvalue weighted by Crippen LogP contribution is 2.56. The van der Waals surface area contributed by atoms with Crippen LogP contribution in [0.2, 0.25) is 0 Å². The van der Waals surface area contributed by atoms with Gasteiger partial charge in [-0.3, -0.25) is 14.8 Å². The van der Waals surface area contributed by atoms with Gasteiger partial charge in [0, 0.05) is 57.4 Å². The summed E-state index contributed by atoms with van der Waals surface area (Å²) in [4.78, 5) is 49.6. The predicted molar refractivity (Wildman–Crippen MR) is 182 cm³/mol. The van der Waals surface area contributed by atoms with E-state index in [0.29, 0.717) is 31.6 Å². The number of aromatic hydroxyl groups is 1. The lowest BCUT2D eigenvalue weighted by molar-refractivity contribution is -0.148. The second-order valence-corrected chi connectivity index (χ2v) is 15.8. The highest BCUT2D eigenvalue weighted by molar-refractivity contribution is 5.87. The van der Waals surface area contributed by atoms with Crippen molar-refractivity contribution in [3.8, 4) is 5.75 Å². The van der Waals surface area contributed by atoms with E-state index in [0.717, 1.165) is 10.9 Å². The summed E-state index contributed by atoms with van der Waals surface area (Å²) in [6.45, 7) is 19.5. The van der Waals surface area contributed by atoms with Crippen LogP contribution in [0.1, 0.15) is 80.7 Å². The summed E-state index contributed by atoms with van der Waals surface area (Å²) in [6.07, 6.45) is -1.07. The van der Waals surface area contributed by atoms with Gasteiger partial charge in [0.1, 0.15) is 11.3 Å². The molecule has 3 rings (SSSR count). The molecule has 0 bridgehead atoms. The van der Waals surface area contributed by atoms with Crippen LogP contribution < -0.4 is 0 Å². The molecular formula is C35H55N5O7. The second kappa shape index (κ2) is 14.1. The molecule has 1 saturated heterocycles. The Morgan fingerprint density at radius 2 is 1.40 bits per heavy atom. The maximum Gasteiger partial charge on any atom is 0.407 e. The van der Waals surface area contributed by atoms with Crippen LogP contribution in [0.25, 0.3) is 10.9 Å². The minimum absolute atomic E-state index is 0.0403. The maximum atomic E-state index is 13.5. The van der Waals surface area contributed by atoms with Crippen molar-refractivity contribution in [1.29, 1.82) is 0 Å². The summed E-state index contributed by atoms with van der Waals surface area (Å²) < 4.78 is 0. The van der Waals surface area contributed by atoms with Crippen LogP contribution in [-0.4, -0.2) is 114 Å². The molecule has 3 amide bonds. The molecule has 2 heterocycles. The molecular weight excluding hydrogens is 602 g/mol.